The first-order valence-corrected chi connectivity index (χ1v) is 8.13. The van der Waals surface area contributed by atoms with Crippen LogP contribution in [0, 0.1) is 0 Å². The standard InChI is InChI=1S/C15H21BrN2/c16-11-13-4-6-14(7-5-13)18-10-9-17-8-2-1-3-15(17)12-18/h4-7,15H,1-3,8-12H2. The minimum absolute atomic E-state index is 0.795. The maximum Gasteiger partial charge on any atom is 0.0367 e. The lowest BCUT2D eigenvalue weighted by atomic mass is 9.99. The van der Waals surface area contributed by atoms with Crippen molar-refractivity contribution in [3.05, 3.63) is 29.8 Å². The van der Waals surface area contributed by atoms with Gasteiger partial charge < -0.3 is 4.90 Å². The van der Waals surface area contributed by atoms with Crippen molar-refractivity contribution >= 4 is 21.6 Å². The molecular formula is C15H21BrN2. The zero-order valence-electron chi connectivity index (χ0n) is 10.8. The van der Waals surface area contributed by atoms with Crippen LogP contribution in [-0.2, 0) is 5.33 Å². The number of alkyl halides is 1. The molecule has 0 saturated carbocycles. The molecule has 0 bridgehead atoms. The van der Waals surface area contributed by atoms with Gasteiger partial charge in [-0.1, -0.05) is 34.5 Å². The topological polar surface area (TPSA) is 6.48 Å². The number of hydrogen-bond acceptors (Lipinski definition) is 2. The summed E-state index contributed by atoms with van der Waals surface area (Å²) in [5.74, 6) is 0. The number of hydrogen-bond donors (Lipinski definition) is 0. The van der Waals surface area contributed by atoms with E-state index in [2.05, 4.69) is 50.0 Å². The molecule has 1 aromatic rings. The monoisotopic (exact) mass is 308 g/mol. The van der Waals surface area contributed by atoms with Gasteiger partial charge in [0, 0.05) is 36.7 Å². The molecule has 3 heteroatoms. The number of rotatable bonds is 2. The van der Waals surface area contributed by atoms with E-state index in [-0.39, 0.29) is 0 Å². The molecule has 2 aliphatic heterocycles. The number of benzene rings is 1. The maximum atomic E-state index is 3.50. The van der Waals surface area contributed by atoms with Gasteiger partial charge in [0.25, 0.3) is 0 Å². The summed E-state index contributed by atoms with van der Waals surface area (Å²) in [7, 11) is 0. The minimum Gasteiger partial charge on any atom is -0.369 e. The Balaban J connectivity index is 1.69. The second kappa shape index (κ2) is 5.62. The van der Waals surface area contributed by atoms with E-state index in [1.165, 1.54) is 56.7 Å². The van der Waals surface area contributed by atoms with Gasteiger partial charge >= 0.3 is 0 Å². The minimum atomic E-state index is 0.795. The van der Waals surface area contributed by atoms with E-state index in [4.69, 9.17) is 0 Å². The molecule has 2 aliphatic rings. The summed E-state index contributed by atoms with van der Waals surface area (Å²) in [5, 5.41) is 0.948. The van der Waals surface area contributed by atoms with Crippen LogP contribution in [0.25, 0.3) is 0 Å². The lowest BCUT2D eigenvalue weighted by molar-refractivity contribution is 0.133. The van der Waals surface area contributed by atoms with E-state index in [0.29, 0.717) is 0 Å². The fourth-order valence-electron chi connectivity index (χ4n) is 3.19. The van der Waals surface area contributed by atoms with Gasteiger partial charge in [-0.25, -0.2) is 0 Å². The van der Waals surface area contributed by atoms with E-state index < -0.39 is 0 Å². The van der Waals surface area contributed by atoms with Crippen molar-refractivity contribution in [1.29, 1.82) is 0 Å². The van der Waals surface area contributed by atoms with Crippen LogP contribution in [0.5, 0.6) is 0 Å². The summed E-state index contributed by atoms with van der Waals surface area (Å²) in [6.45, 7) is 4.96. The zero-order valence-corrected chi connectivity index (χ0v) is 12.4. The number of piperazine rings is 1. The van der Waals surface area contributed by atoms with Crippen molar-refractivity contribution in [1.82, 2.24) is 4.90 Å². The highest BCUT2D eigenvalue weighted by molar-refractivity contribution is 9.08. The number of fused-ring (bicyclic) bond motifs is 1. The second-order valence-electron chi connectivity index (χ2n) is 5.43. The highest BCUT2D eigenvalue weighted by Gasteiger charge is 2.28. The zero-order chi connectivity index (χ0) is 12.4. The van der Waals surface area contributed by atoms with Crippen molar-refractivity contribution in [3.8, 4) is 0 Å². The molecule has 2 heterocycles. The summed E-state index contributed by atoms with van der Waals surface area (Å²) >= 11 is 3.50. The number of halogens is 1. The fraction of sp³-hybridized carbons (Fsp3) is 0.600. The highest BCUT2D eigenvalue weighted by Crippen LogP contribution is 2.25. The highest BCUT2D eigenvalue weighted by atomic mass is 79.9. The van der Waals surface area contributed by atoms with E-state index >= 15 is 0 Å². The Bertz CT molecular complexity index is 390. The predicted octanol–water partition coefficient (Wildman–Crippen LogP) is 3.26. The van der Waals surface area contributed by atoms with E-state index in [1.54, 1.807) is 0 Å². The molecule has 0 aliphatic carbocycles. The molecule has 1 atom stereocenters. The van der Waals surface area contributed by atoms with Gasteiger partial charge in [0.15, 0.2) is 0 Å². The molecule has 1 unspecified atom stereocenters. The lowest BCUT2D eigenvalue weighted by Gasteiger charge is -2.45. The van der Waals surface area contributed by atoms with Crippen molar-refractivity contribution in [2.45, 2.75) is 30.6 Å². The van der Waals surface area contributed by atoms with E-state index in [9.17, 15) is 0 Å². The molecule has 2 saturated heterocycles. The maximum absolute atomic E-state index is 3.50. The Morgan fingerprint density at radius 3 is 2.67 bits per heavy atom. The van der Waals surface area contributed by atoms with Gasteiger partial charge in [-0.05, 0) is 37.1 Å². The molecule has 0 radical (unpaired) electrons. The van der Waals surface area contributed by atoms with Gasteiger partial charge in [0.1, 0.15) is 0 Å². The molecule has 2 fully saturated rings. The molecule has 0 aromatic heterocycles. The van der Waals surface area contributed by atoms with E-state index in [0.717, 1.165) is 11.4 Å². The number of anilines is 1. The smallest absolute Gasteiger partial charge is 0.0367 e. The van der Waals surface area contributed by atoms with Crippen molar-refractivity contribution in [2.24, 2.45) is 0 Å². The largest absolute Gasteiger partial charge is 0.369 e. The van der Waals surface area contributed by atoms with Gasteiger partial charge in [0.2, 0.25) is 0 Å². The summed E-state index contributed by atoms with van der Waals surface area (Å²) in [5.41, 5.74) is 2.75. The van der Waals surface area contributed by atoms with Crippen molar-refractivity contribution in [2.75, 3.05) is 31.1 Å². The summed E-state index contributed by atoms with van der Waals surface area (Å²) in [6, 6.07) is 9.81. The molecule has 0 amide bonds. The summed E-state index contributed by atoms with van der Waals surface area (Å²) in [6.07, 6.45) is 4.20. The van der Waals surface area contributed by atoms with Gasteiger partial charge in [-0.2, -0.15) is 0 Å². The fourth-order valence-corrected chi connectivity index (χ4v) is 3.56. The van der Waals surface area contributed by atoms with Crippen LogP contribution in [0.3, 0.4) is 0 Å². The average Bonchev–Trinajstić information content (AvgIpc) is 2.47. The first-order chi connectivity index (χ1) is 8.86. The average molecular weight is 309 g/mol. The summed E-state index contributed by atoms with van der Waals surface area (Å²) < 4.78 is 0. The molecule has 0 spiro atoms. The molecule has 0 N–H and O–H groups in total. The van der Waals surface area contributed by atoms with Gasteiger partial charge in [-0.15, -0.1) is 0 Å². The molecule has 98 valence electrons. The van der Waals surface area contributed by atoms with Gasteiger partial charge in [0.05, 0.1) is 0 Å². The quantitative estimate of drug-likeness (QED) is 0.774. The summed E-state index contributed by atoms with van der Waals surface area (Å²) in [4.78, 5) is 5.25. The number of piperidine rings is 1. The third-order valence-corrected chi connectivity index (χ3v) is 4.94. The van der Waals surface area contributed by atoms with Crippen LogP contribution in [-0.4, -0.2) is 37.1 Å². The molecular weight excluding hydrogens is 288 g/mol. The Morgan fingerprint density at radius 1 is 1.06 bits per heavy atom. The van der Waals surface area contributed by atoms with Gasteiger partial charge in [-0.3, -0.25) is 4.90 Å². The number of nitrogens with zero attached hydrogens (tertiary/aromatic N) is 2. The first-order valence-electron chi connectivity index (χ1n) is 7.01. The molecule has 2 nitrogen and oxygen atoms in total. The van der Waals surface area contributed by atoms with Crippen LogP contribution in [0.1, 0.15) is 24.8 Å². The van der Waals surface area contributed by atoms with Crippen molar-refractivity contribution in [3.63, 3.8) is 0 Å². The third-order valence-electron chi connectivity index (χ3n) is 4.29. The molecule has 18 heavy (non-hydrogen) atoms. The second-order valence-corrected chi connectivity index (χ2v) is 5.99. The predicted molar refractivity (Wildman–Crippen MR) is 80.5 cm³/mol. The third kappa shape index (κ3) is 2.57. The Hall–Kier alpha value is -0.540. The Labute approximate surface area is 118 Å². The van der Waals surface area contributed by atoms with Crippen LogP contribution >= 0.6 is 15.9 Å². The van der Waals surface area contributed by atoms with Crippen LogP contribution < -0.4 is 4.90 Å². The SMILES string of the molecule is BrCc1ccc(N2CCN3CCCCC3C2)cc1. The van der Waals surface area contributed by atoms with E-state index in [1.807, 2.05) is 0 Å². The van der Waals surface area contributed by atoms with Crippen LogP contribution in [0.15, 0.2) is 24.3 Å². The Morgan fingerprint density at radius 2 is 1.89 bits per heavy atom. The lowest BCUT2D eigenvalue weighted by Crippen LogP contribution is -2.54. The van der Waals surface area contributed by atoms with Crippen LogP contribution in [0.2, 0.25) is 0 Å². The molecule has 1 aromatic carbocycles. The Kier molecular flexibility index (Phi) is 3.90. The molecule has 3 rings (SSSR count). The normalized spacial score (nSPS) is 24.9. The first kappa shape index (κ1) is 12.5. The van der Waals surface area contributed by atoms with Crippen LogP contribution in [0.4, 0.5) is 5.69 Å². The van der Waals surface area contributed by atoms with Crippen molar-refractivity contribution < 1.29 is 0 Å².